The summed E-state index contributed by atoms with van der Waals surface area (Å²) in [7, 11) is 0. The molecule has 0 heterocycles. The maximum absolute atomic E-state index is 5.66. The Bertz CT molecular complexity index is 423. The molecule has 3 heteroatoms. The lowest BCUT2D eigenvalue weighted by atomic mass is 10.1. The van der Waals surface area contributed by atoms with Crippen molar-refractivity contribution < 1.29 is 4.74 Å². The zero-order chi connectivity index (χ0) is 15.0. The summed E-state index contributed by atoms with van der Waals surface area (Å²) in [6.07, 6.45) is 3.98. The lowest BCUT2D eigenvalue weighted by Crippen LogP contribution is -2.35. The Balaban J connectivity index is 2.44. The number of ether oxygens (including phenoxy) is 1. The van der Waals surface area contributed by atoms with Gasteiger partial charge in [0.1, 0.15) is 0 Å². The van der Waals surface area contributed by atoms with Crippen LogP contribution < -0.4 is 5.32 Å². The van der Waals surface area contributed by atoms with E-state index in [1.807, 2.05) is 6.08 Å². The van der Waals surface area contributed by atoms with Gasteiger partial charge in [-0.2, -0.15) is 0 Å². The Morgan fingerprint density at radius 3 is 2.70 bits per heavy atom. The van der Waals surface area contributed by atoms with Crippen LogP contribution in [-0.2, 0) is 17.9 Å². The smallest absolute Gasteiger partial charge is 0.0727 e. The van der Waals surface area contributed by atoms with Crippen LogP contribution in [0.1, 0.15) is 44.7 Å². The molecule has 0 saturated carbocycles. The molecule has 0 amide bonds. The number of unbranched alkanes of at least 4 members (excludes halogenated alkanes) is 1. The third-order valence-electron chi connectivity index (χ3n) is 2.89. The van der Waals surface area contributed by atoms with E-state index in [1.54, 1.807) is 0 Å². The molecule has 112 valence electrons. The third-order valence-corrected chi connectivity index (χ3v) is 3.63. The molecule has 0 aromatic heterocycles. The van der Waals surface area contributed by atoms with Gasteiger partial charge in [0.2, 0.25) is 0 Å². The fourth-order valence-electron chi connectivity index (χ4n) is 1.70. The molecule has 1 rings (SSSR count). The van der Waals surface area contributed by atoms with Crippen LogP contribution in [0.4, 0.5) is 0 Å². The molecule has 0 bridgehead atoms. The molecule has 0 radical (unpaired) electrons. The summed E-state index contributed by atoms with van der Waals surface area (Å²) >= 11 is 3.63. The molecule has 0 saturated heterocycles. The number of halogens is 1. The molecule has 0 fully saturated rings. The lowest BCUT2D eigenvalue weighted by molar-refractivity contribution is 0.118. The standard InChI is InChI=1S/C17H26BrNO/c1-5-6-7-10-20-13-15-9-8-14(11-16(15)18)12-19-17(2,3)4/h5,8-9,11,19H,1,6-7,10,12-13H2,2-4H3. The van der Waals surface area contributed by atoms with Gasteiger partial charge < -0.3 is 10.1 Å². The van der Waals surface area contributed by atoms with Crippen LogP contribution in [-0.4, -0.2) is 12.1 Å². The predicted octanol–water partition coefficient (Wildman–Crippen LogP) is 4.82. The maximum Gasteiger partial charge on any atom is 0.0727 e. The van der Waals surface area contributed by atoms with Gasteiger partial charge in [-0.1, -0.05) is 34.1 Å². The highest BCUT2D eigenvalue weighted by atomic mass is 79.9. The van der Waals surface area contributed by atoms with Gasteiger partial charge in [-0.3, -0.25) is 0 Å². The highest BCUT2D eigenvalue weighted by Crippen LogP contribution is 2.20. The van der Waals surface area contributed by atoms with E-state index in [0.29, 0.717) is 6.61 Å². The molecule has 0 spiro atoms. The summed E-state index contributed by atoms with van der Waals surface area (Å²) < 4.78 is 6.78. The summed E-state index contributed by atoms with van der Waals surface area (Å²) in [6, 6.07) is 6.46. The van der Waals surface area contributed by atoms with Crippen molar-refractivity contribution in [2.45, 2.75) is 52.3 Å². The summed E-state index contributed by atoms with van der Waals surface area (Å²) in [4.78, 5) is 0. The van der Waals surface area contributed by atoms with Gasteiger partial charge in [0.15, 0.2) is 0 Å². The molecular formula is C17H26BrNO. The molecule has 1 aromatic rings. The Labute approximate surface area is 131 Å². The molecule has 0 aliphatic heterocycles. The van der Waals surface area contributed by atoms with Gasteiger partial charge >= 0.3 is 0 Å². The second-order valence-corrected chi connectivity index (χ2v) is 6.87. The van der Waals surface area contributed by atoms with Crippen LogP contribution in [0.25, 0.3) is 0 Å². The number of benzene rings is 1. The van der Waals surface area contributed by atoms with E-state index in [-0.39, 0.29) is 5.54 Å². The van der Waals surface area contributed by atoms with E-state index >= 15 is 0 Å². The summed E-state index contributed by atoms with van der Waals surface area (Å²) in [5.41, 5.74) is 2.62. The molecule has 20 heavy (non-hydrogen) atoms. The lowest BCUT2D eigenvalue weighted by Gasteiger charge is -2.20. The highest BCUT2D eigenvalue weighted by Gasteiger charge is 2.09. The fraction of sp³-hybridized carbons (Fsp3) is 0.529. The van der Waals surface area contributed by atoms with Crippen LogP contribution in [0.2, 0.25) is 0 Å². The van der Waals surface area contributed by atoms with Crippen LogP contribution in [0.3, 0.4) is 0 Å². The molecular weight excluding hydrogens is 314 g/mol. The van der Waals surface area contributed by atoms with E-state index in [0.717, 1.165) is 30.5 Å². The van der Waals surface area contributed by atoms with Crippen LogP contribution in [0.5, 0.6) is 0 Å². The number of nitrogens with one attached hydrogen (secondary N) is 1. The largest absolute Gasteiger partial charge is 0.377 e. The normalized spacial score (nSPS) is 11.6. The van der Waals surface area contributed by atoms with Gasteiger partial charge in [-0.05, 0) is 50.8 Å². The first-order chi connectivity index (χ1) is 9.42. The van der Waals surface area contributed by atoms with Gasteiger partial charge in [0.05, 0.1) is 6.61 Å². The molecule has 0 atom stereocenters. The fourth-order valence-corrected chi connectivity index (χ4v) is 2.24. The van der Waals surface area contributed by atoms with E-state index in [2.05, 4.69) is 66.8 Å². The van der Waals surface area contributed by atoms with E-state index in [1.165, 1.54) is 11.1 Å². The Morgan fingerprint density at radius 2 is 2.10 bits per heavy atom. The van der Waals surface area contributed by atoms with Crippen LogP contribution in [0.15, 0.2) is 35.3 Å². The maximum atomic E-state index is 5.66. The third kappa shape index (κ3) is 7.22. The quantitative estimate of drug-likeness (QED) is 0.541. The molecule has 2 nitrogen and oxygen atoms in total. The minimum atomic E-state index is 0.138. The molecule has 0 aliphatic carbocycles. The zero-order valence-electron chi connectivity index (χ0n) is 12.8. The first-order valence-electron chi connectivity index (χ1n) is 7.13. The first-order valence-corrected chi connectivity index (χ1v) is 7.92. The minimum absolute atomic E-state index is 0.138. The zero-order valence-corrected chi connectivity index (χ0v) is 14.4. The average molecular weight is 340 g/mol. The molecule has 0 aliphatic rings. The SMILES string of the molecule is C=CCCCOCc1ccc(CNC(C)(C)C)cc1Br. The molecule has 1 N–H and O–H groups in total. The van der Waals surface area contributed by atoms with Crippen LogP contribution >= 0.6 is 15.9 Å². The average Bonchev–Trinajstić information content (AvgIpc) is 2.37. The number of hydrogen-bond acceptors (Lipinski definition) is 2. The second kappa shape index (κ2) is 8.60. The molecule has 1 aromatic carbocycles. The Kier molecular flexibility index (Phi) is 7.49. The van der Waals surface area contributed by atoms with Gasteiger partial charge in [0.25, 0.3) is 0 Å². The number of hydrogen-bond donors (Lipinski definition) is 1. The van der Waals surface area contributed by atoms with Crippen molar-refractivity contribution in [3.05, 3.63) is 46.5 Å². The van der Waals surface area contributed by atoms with E-state index in [9.17, 15) is 0 Å². The predicted molar refractivity (Wildman–Crippen MR) is 89.8 cm³/mol. The summed E-state index contributed by atoms with van der Waals surface area (Å²) in [6.45, 7) is 12.5. The van der Waals surface area contributed by atoms with Gasteiger partial charge in [-0.15, -0.1) is 6.58 Å². The topological polar surface area (TPSA) is 21.3 Å². The van der Waals surface area contributed by atoms with Crippen molar-refractivity contribution >= 4 is 15.9 Å². The van der Waals surface area contributed by atoms with Crippen molar-refractivity contribution in [2.75, 3.05) is 6.61 Å². The van der Waals surface area contributed by atoms with Gasteiger partial charge in [-0.25, -0.2) is 0 Å². The van der Waals surface area contributed by atoms with Crippen molar-refractivity contribution in [3.63, 3.8) is 0 Å². The van der Waals surface area contributed by atoms with Crippen molar-refractivity contribution in [3.8, 4) is 0 Å². The van der Waals surface area contributed by atoms with Crippen molar-refractivity contribution in [1.82, 2.24) is 5.32 Å². The Morgan fingerprint density at radius 1 is 1.35 bits per heavy atom. The highest BCUT2D eigenvalue weighted by molar-refractivity contribution is 9.10. The molecule has 0 unspecified atom stereocenters. The number of rotatable bonds is 8. The van der Waals surface area contributed by atoms with E-state index in [4.69, 9.17) is 4.74 Å². The number of allylic oxidation sites excluding steroid dienone is 1. The van der Waals surface area contributed by atoms with Crippen molar-refractivity contribution in [2.24, 2.45) is 0 Å². The Hall–Kier alpha value is -0.640. The van der Waals surface area contributed by atoms with Gasteiger partial charge in [0, 0.05) is 23.2 Å². The summed E-state index contributed by atoms with van der Waals surface area (Å²) in [5, 5.41) is 3.49. The second-order valence-electron chi connectivity index (χ2n) is 6.01. The van der Waals surface area contributed by atoms with Crippen molar-refractivity contribution in [1.29, 1.82) is 0 Å². The van der Waals surface area contributed by atoms with E-state index < -0.39 is 0 Å². The minimum Gasteiger partial charge on any atom is -0.377 e. The monoisotopic (exact) mass is 339 g/mol. The first kappa shape index (κ1) is 17.4. The van der Waals surface area contributed by atoms with Crippen LogP contribution in [0, 0.1) is 0 Å². The summed E-state index contributed by atoms with van der Waals surface area (Å²) in [5.74, 6) is 0.